The van der Waals surface area contributed by atoms with Crippen molar-refractivity contribution in [1.82, 2.24) is 5.32 Å². The van der Waals surface area contributed by atoms with Crippen LogP contribution in [0.3, 0.4) is 0 Å². The van der Waals surface area contributed by atoms with Crippen molar-refractivity contribution in [3.05, 3.63) is 59.7 Å². The van der Waals surface area contributed by atoms with E-state index < -0.39 is 17.6 Å². The van der Waals surface area contributed by atoms with E-state index in [1.54, 1.807) is 0 Å². The minimum atomic E-state index is -1.16. The average Bonchev–Trinajstić information content (AvgIpc) is 3.38. The number of alkyl carbamates (subject to hydrolysis) is 1. The summed E-state index contributed by atoms with van der Waals surface area (Å²) in [5, 5.41) is 12.5. The zero-order valence-electron chi connectivity index (χ0n) is 15.6. The van der Waals surface area contributed by atoms with Crippen LogP contribution in [0.25, 0.3) is 11.1 Å². The SMILES string of the molecule is O=C(N[C@@]1(C(=O)O)C[C@H]2CC[C@@H]1C2)OCC1c2ccccc2-c2ccccc21. The molecule has 2 saturated carbocycles. The molecular formula is C23H23NO4. The first-order valence-corrected chi connectivity index (χ1v) is 9.95. The number of ether oxygens (including phenoxy) is 1. The second-order valence-corrected chi connectivity index (χ2v) is 8.31. The van der Waals surface area contributed by atoms with Gasteiger partial charge in [-0.1, -0.05) is 48.5 Å². The second kappa shape index (κ2) is 6.36. The van der Waals surface area contributed by atoms with Crippen molar-refractivity contribution in [2.24, 2.45) is 11.8 Å². The quantitative estimate of drug-likeness (QED) is 0.839. The first kappa shape index (κ1) is 17.3. The van der Waals surface area contributed by atoms with E-state index in [0.717, 1.165) is 30.4 Å². The van der Waals surface area contributed by atoms with Crippen molar-refractivity contribution in [2.75, 3.05) is 6.61 Å². The van der Waals surface area contributed by atoms with Crippen molar-refractivity contribution in [2.45, 2.75) is 37.1 Å². The zero-order valence-corrected chi connectivity index (χ0v) is 15.6. The normalized spacial score (nSPS) is 27.3. The predicted octanol–water partition coefficient (Wildman–Crippen LogP) is 4.17. The summed E-state index contributed by atoms with van der Waals surface area (Å²) >= 11 is 0. The minimum absolute atomic E-state index is 0.00971. The third-order valence-electron chi connectivity index (χ3n) is 6.90. The Labute approximate surface area is 163 Å². The number of fused-ring (bicyclic) bond motifs is 5. The Morgan fingerprint density at radius 3 is 2.21 bits per heavy atom. The average molecular weight is 377 g/mol. The van der Waals surface area contributed by atoms with Gasteiger partial charge in [-0.2, -0.15) is 0 Å². The molecule has 2 fully saturated rings. The lowest BCUT2D eigenvalue weighted by molar-refractivity contribution is -0.147. The summed E-state index contributed by atoms with van der Waals surface area (Å²) in [7, 11) is 0. The summed E-state index contributed by atoms with van der Waals surface area (Å²) in [5.41, 5.74) is 3.46. The molecule has 0 aliphatic heterocycles. The number of carboxylic acid groups (broad SMARTS) is 1. The van der Waals surface area contributed by atoms with E-state index in [1.807, 2.05) is 24.3 Å². The number of carbonyl (C=O) groups is 2. The fraction of sp³-hybridized carbons (Fsp3) is 0.391. The van der Waals surface area contributed by atoms with Gasteiger partial charge in [0.15, 0.2) is 0 Å². The van der Waals surface area contributed by atoms with Gasteiger partial charge >= 0.3 is 12.1 Å². The lowest BCUT2D eigenvalue weighted by Crippen LogP contribution is -2.58. The molecule has 3 atom stereocenters. The second-order valence-electron chi connectivity index (χ2n) is 8.31. The predicted molar refractivity (Wildman–Crippen MR) is 104 cm³/mol. The number of hydrogen-bond donors (Lipinski definition) is 2. The monoisotopic (exact) mass is 377 g/mol. The van der Waals surface area contributed by atoms with Crippen LogP contribution in [0.4, 0.5) is 4.79 Å². The van der Waals surface area contributed by atoms with Gasteiger partial charge in [0, 0.05) is 5.92 Å². The molecule has 5 heteroatoms. The molecule has 0 spiro atoms. The molecule has 0 aromatic heterocycles. The Kier molecular flexibility index (Phi) is 3.93. The van der Waals surface area contributed by atoms with E-state index in [-0.39, 0.29) is 18.4 Å². The number of aliphatic carboxylic acids is 1. The summed E-state index contributed by atoms with van der Waals surface area (Å²) in [5.74, 6) is -0.558. The largest absolute Gasteiger partial charge is 0.479 e. The minimum Gasteiger partial charge on any atom is -0.479 e. The summed E-state index contributed by atoms with van der Waals surface area (Å²) in [6.07, 6.45) is 2.69. The molecule has 5 rings (SSSR count). The molecule has 2 aromatic carbocycles. The number of rotatable bonds is 4. The molecular weight excluding hydrogens is 354 g/mol. The fourth-order valence-electron chi connectivity index (χ4n) is 5.62. The van der Waals surface area contributed by atoms with Gasteiger partial charge in [0.25, 0.3) is 0 Å². The highest BCUT2D eigenvalue weighted by Crippen LogP contribution is 2.51. The van der Waals surface area contributed by atoms with Crippen LogP contribution in [0.1, 0.15) is 42.7 Å². The molecule has 2 N–H and O–H groups in total. The number of nitrogens with one attached hydrogen (secondary N) is 1. The number of carbonyl (C=O) groups excluding carboxylic acids is 1. The van der Waals surface area contributed by atoms with Crippen LogP contribution in [0.2, 0.25) is 0 Å². The van der Waals surface area contributed by atoms with Crippen LogP contribution in [-0.2, 0) is 9.53 Å². The van der Waals surface area contributed by atoms with Gasteiger partial charge in [-0.25, -0.2) is 9.59 Å². The maximum absolute atomic E-state index is 12.6. The van der Waals surface area contributed by atoms with Crippen LogP contribution in [0, 0.1) is 11.8 Å². The number of amides is 1. The van der Waals surface area contributed by atoms with Gasteiger partial charge in [-0.15, -0.1) is 0 Å². The van der Waals surface area contributed by atoms with E-state index in [4.69, 9.17) is 4.74 Å². The van der Waals surface area contributed by atoms with Crippen molar-refractivity contribution < 1.29 is 19.4 Å². The molecule has 0 saturated heterocycles. The van der Waals surface area contributed by atoms with E-state index in [9.17, 15) is 14.7 Å². The van der Waals surface area contributed by atoms with Crippen molar-refractivity contribution in [1.29, 1.82) is 0 Å². The molecule has 28 heavy (non-hydrogen) atoms. The first-order chi connectivity index (χ1) is 13.6. The molecule has 144 valence electrons. The molecule has 1 amide bonds. The maximum atomic E-state index is 12.6. The van der Waals surface area contributed by atoms with E-state index in [0.29, 0.717) is 12.3 Å². The van der Waals surface area contributed by atoms with Crippen LogP contribution < -0.4 is 5.32 Å². The summed E-state index contributed by atoms with van der Waals surface area (Å²) < 4.78 is 5.57. The number of hydrogen-bond acceptors (Lipinski definition) is 3. The fourth-order valence-corrected chi connectivity index (χ4v) is 5.62. The first-order valence-electron chi connectivity index (χ1n) is 9.95. The highest BCUT2D eigenvalue weighted by atomic mass is 16.5. The van der Waals surface area contributed by atoms with Crippen molar-refractivity contribution >= 4 is 12.1 Å². The van der Waals surface area contributed by atoms with E-state index in [1.165, 1.54) is 11.1 Å². The molecule has 3 aliphatic rings. The van der Waals surface area contributed by atoms with Gasteiger partial charge in [0.1, 0.15) is 12.1 Å². The Bertz CT molecular complexity index is 910. The van der Waals surface area contributed by atoms with Crippen LogP contribution >= 0.6 is 0 Å². The summed E-state index contributed by atoms with van der Waals surface area (Å²) in [6, 6.07) is 16.3. The third-order valence-corrected chi connectivity index (χ3v) is 6.90. The lowest BCUT2D eigenvalue weighted by atomic mass is 9.81. The van der Waals surface area contributed by atoms with Crippen LogP contribution in [0.5, 0.6) is 0 Å². The Morgan fingerprint density at radius 1 is 1.04 bits per heavy atom. The molecule has 2 bridgehead atoms. The van der Waals surface area contributed by atoms with Crippen LogP contribution in [-0.4, -0.2) is 29.3 Å². The zero-order chi connectivity index (χ0) is 19.3. The highest BCUT2D eigenvalue weighted by Gasteiger charge is 2.57. The van der Waals surface area contributed by atoms with Crippen molar-refractivity contribution in [3.8, 4) is 11.1 Å². The summed E-state index contributed by atoms with van der Waals surface area (Å²) in [6.45, 7) is 0.198. The molecule has 0 radical (unpaired) electrons. The number of benzene rings is 2. The Morgan fingerprint density at radius 2 is 1.68 bits per heavy atom. The van der Waals surface area contributed by atoms with E-state index in [2.05, 4.69) is 29.6 Å². The van der Waals surface area contributed by atoms with Gasteiger partial charge in [-0.05, 0) is 59.8 Å². The summed E-state index contributed by atoms with van der Waals surface area (Å²) in [4.78, 5) is 24.5. The smallest absolute Gasteiger partial charge is 0.408 e. The number of carboxylic acids is 1. The maximum Gasteiger partial charge on any atom is 0.408 e. The Balaban J connectivity index is 1.33. The van der Waals surface area contributed by atoms with Crippen LogP contribution in [0.15, 0.2) is 48.5 Å². The topological polar surface area (TPSA) is 75.6 Å². The van der Waals surface area contributed by atoms with Gasteiger partial charge in [0.2, 0.25) is 0 Å². The molecule has 5 nitrogen and oxygen atoms in total. The van der Waals surface area contributed by atoms with E-state index >= 15 is 0 Å². The lowest BCUT2D eigenvalue weighted by Gasteiger charge is -2.34. The molecule has 2 aromatic rings. The van der Waals surface area contributed by atoms with Crippen molar-refractivity contribution in [3.63, 3.8) is 0 Å². The van der Waals surface area contributed by atoms with Gasteiger partial charge in [0.05, 0.1) is 0 Å². The highest BCUT2D eigenvalue weighted by molar-refractivity contribution is 5.85. The Hall–Kier alpha value is -2.82. The van der Waals surface area contributed by atoms with Gasteiger partial charge in [-0.3, -0.25) is 0 Å². The standard InChI is InChI=1S/C23H23NO4/c25-21(26)23(12-14-9-10-15(23)11-14)24-22(27)28-13-20-18-7-3-1-5-16(18)17-6-2-4-8-19(17)20/h1-8,14-15,20H,9-13H2,(H,24,27)(H,25,26)/t14-,15+,23-/m0/s1. The third kappa shape index (κ3) is 2.53. The molecule has 0 heterocycles. The van der Waals surface area contributed by atoms with Gasteiger partial charge < -0.3 is 15.2 Å². The molecule has 0 unspecified atom stereocenters. The molecule has 3 aliphatic carbocycles.